The molecular weight excluding hydrogens is 327 g/mol. The van der Waals surface area contributed by atoms with Gasteiger partial charge >= 0.3 is 0 Å². The van der Waals surface area contributed by atoms with E-state index in [1.54, 1.807) is 13.8 Å². The third-order valence-electron chi connectivity index (χ3n) is 3.81. The van der Waals surface area contributed by atoms with Crippen molar-refractivity contribution in [1.82, 2.24) is 0 Å². The van der Waals surface area contributed by atoms with E-state index in [4.69, 9.17) is 23.2 Å². The fourth-order valence-corrected chi connectivity index (χ4v) is 3.32. The summed E-state index contributed by atoms with van der Waals surface area (Å²) in [6.45, 7) is 3.21. The molecule has 0 fully saturated rings. The second-order valence-electron chi connectivity index (χ2n) is 5.21. The van der Waals surface area contributed by atoms with Crippen LogP contribution in [0.1, 0.15) is 43.0 Å². The van der Waals surface area contributed by atoms with Crippen LogP contribution >= 0.6 is 23.2 Å². The van der Waals surface area contributed by atoms with Gasteiger partial charge in [-0.05, 0) is 37.1 Å². The summed E-state index contributed by atoms with van der Waals surface area (Å²) >= 11 is 11.8. The number of benzene rings is 2. The predicted octanol–water partition coefficient (Wildman–Crippen LogP) is 3.80. The van der Waals surface area contributed by atoms with Gasteiger partial charge in [0.25, 0.3) is 0 Å². The fraction of sp³-hybridized carbons (Fsp3) is 0.125. The monoisotopic (exact) mass is 336 g/mol. The molecule has 6 heteroatoms. The molecule has 0 atom stereocenters. The first-order chi connectivity index (χ1) is 10.3. The molecule has 0 amide bonds. The van der Waals surface area contributed by atoms with E-state index < -0.39 is 23.1 Å². The summed E-state index contributed by atoms with van der Waals surface area (Å²) in [5.41, 5.74) is 0.699. The van der Waals surface area contributed by atoms with E-state index in [9.17, 15) is 19.8 Å². The number of halogens is 2. The molecule has 1 aliphatic rings. The Bertz CT molecular complexity index is 811. The summed E-state index contributed by atoms with van der Waals surface area (Å²) in [7, 11) is 0. The van der Waals surface area contributed by atoms with Gasteiger partial charge in [-0.15, -0.1) is 0 Å². The van der Waals surface area contributed by atoms with Crippen molar-refractivity contribution in [3.05, 3.63) is 55.6 Å². The van der Waals surface area contributed by atoms with Crippen LogP contribution < -0.4 is 0 Å². The molecule has 0 bridgehead atoms. The van der Waals surface area contributed by atoms with Crippen LogP contribution in [0.5, 0.6) is 11.5 Å². The van der Waals surface area contributed by atoms with E-state index in [1.807, 2.05) is 0 Å². The maximum atomic E-state index is 12.7. The Morgan fingerprint density at radius 3 is 1.36 bits per heavy atom. The van der Waals surface area contributed by atoms with Crippen molar-refractivity contribution in [1.29, 1.82) is 0 Å². The summed E-state index contributed by atoms with van der Waals surface area (Å²) in [5.74, 6) is -1.98. The summed E-state index contributed by atoms with van der Waals surface area (Å²) in [6.07, 6.45) is 0. The first-order valence-corrected chi connectivity index (χ1v) is 7.14. The first kappa shape index (κ1) is 14.9. The highest BCUT2D eigenvalue weighted by atomic mass is 35.5. The SMILES string of the molecule is Cc1cc(Cl)c(O)c2c1C(=O)c1c(O)c(Cl)cc(C)c1C2=O. The topological polar surface area (TPSA) is 74.6 Å². The first-order valence-electron chi connectivity index (χ1n) is 6.39. The van der Waals surface area contributed by atoms with Crippen molar-refractivity contribution in [2.24, 2.45) is 0 Å². The molecule has 2 aromatic carbocycles. The van der Waals surface area contributed by atoms with E-state index in [1.165, 1.54) is 12.1 Å². The number of carbonyl (C=O) groups excluding carboxylic acids is 2. The van der Waals surface area contributed by atoms with Crippen molar-refractivity contribution in [3.8, 4) is 11.5 Å². The number of carbonyl (C=O) groups is 2. The Labute approximate surface area is 135 Å². The van der Waals surface area contributed by atoms with Crippen molar-refractivity contribution < 1.29 is 19.8 Å². The third-order valence-corrected chi connectivity index (χ3v) is 4.39. The van der Waals surface area contributed by atoms with Crippen molar-refractivity contribution in [2.75, 3.05) is 0 Å². The zero-order chi connectivity index (χ0) is 16.3. The molecule has 2 aromatic rings. The number of ketones is 2. The molecule has 3 rings (SSSR count). The van der Waals surface area contributed by atoms with Crippen LogP contribution in [-0.4, -0.2) is 21.8 Å². The Morgan fingerprint density at radius 2 is 1.05 bits per heavy atom. The predicted molar refractivity (Wildman–Crippen MR) is 82.6 cm³/mol. The summed E-state index contributed by atoms with van der Waals surface area (Å²) in [5, 5.41) is 20.2. The Morgan fingerprint density at radius 1 is 0.727 bits per heavy atom. The normalized spacial score (nSPS) is 13.1. The van der Waals surface area contributed by atoms with Crippen LogP contribution in [0.3, 0.4) is 0 Å². The van der Waals surface area contributed by atoms with Crippen molar-refractivity contribution >= 4 is 34.8 Å². The van der Waals surface area contributed by atoms with Gasteiger partial charge in [0.1, 0.15) is 11.5 Å². The Balaban J connectivity index is 2.49. The zero-order valence-electron chi connectivity index (χ0n) is 11.6. The number of hydrogen-bond acceptors (Lipinski definition) is 4. The van der Waals surface area contributed by atoms with E-state index in [0.29, 0.717) is 11.1 Å². The van der Waals surface area contributed by atoms with Crippen molar-refractivity contribution in [2.45, 2.75) is 13.8 Å². The maximum absolute atomic E-state index is 12.7. The van der Waals surface area contributed by atoms with Crippen LogP contribution in [0, 0.1) is 13.8 Å². The van der Waals surface area contributed by atoms with Gasteiger partial charge in [-0.2, -0.15) is 0 Å². The smallest absolute Gasteiger partial charge is 0.198 e. The van der Waals surface area contributed by atoms with Crippen LogP contribution in [0.2, 0.25) is 10.0 Å². The minimum Gasteiger partial charge on any atom is -0.506 e. The number of phenols is 2. The highest BCUT2D eigenvalue weighted by molar-refractivity contribution is 6.38. The molecule has 2 N–H and O–H groups in total. The van der Waals surface area contributed by atoms with Crippen LogP contribution in [0.15, 0.2) is 12.1 Å². The van der Waals surface area contributed by atoms with Crippen LogP contribution in [-0.2, 0) is 0 Å². The average molecular weight is 337 g/mol. The van der Waals surface area contributed by atoms with Crippen molar-refractivity contribution in [3.63, 3.8) is 0 Å². The minimum absolute atomic E-state index is 0.00307. The summed E-state index contributed by atoms with van der Waals surface area (Å²) in [6, 6.07) is 2.81. The zero-order valence-corrected chi connectivity index (χ0v) is 13.1. The van der Waals surface area contributed by atoms with Gasteiger partial charge in [-0.3, -0.25) is 9.59 Å². The number of fused-ring (bicyclic) bond motifs is 2. The Hall–Kier alpha value is -2.04. The lowest BCUT2D eigenvalue weighted by molar-refractivity contribution is 0.0973. The fourth-order valence-electron chi connectivity index (χ4n) is 2.81. The largest absolute Gasteiger partial charge is 0.506 e. The van der Waals surface area contributed by atoms with E-state index in [2.05, 4.69) is 0 Å². The molecule has 22 heavy (non-hydrogen) atoms. The number of aryl methyl sites for hydroxylation is 2. The van der Waals surface area contributed by atoms with Gasteiger partial charge in [0, 0.05) is 11.1 Å². The highest BCUT2D eigenvalue weighted by Crippen LogP contribution is 2.43. The molecule has 0 saturated heterocycles. The molecule has 0 heterocycles. The highest BCUT2D eigenvalue weighted by Gasteiger charge is 2.38. The standard InChI is InChI=1S/C16H10Cl2O4/c1-5-3-7(17)13(19)11-9(5)15(21)12-10(16(11)22)6(2)4-8(18)14(12)20/h3-4,19-20H,1-2H3. The van der Waals surface area contributed by atoms with Gasteiger partial charge in [0.15, 0.2) is 11.6 Å². The molecular formula is C16H10Cl2O4. The third kappa shape index (κ3) is 1.77. The molecule has 0 aliphatic heterocycles. The lowest BCUT2D eigenvalue weighted by Gasteiger charge is -2.23. The number of rotatable bonds is 0. The van der Waals surface area contributed by atoms with E-state index in [0.717, 1.165) is 0 Å². The van der Waals surface area contributed by atoms with Gasteiger partial charge in [0.05, 0.1) is 21.2 Å². The number of phenolic OH excluding ortho intramolecular Hbond substituents is 2. The van der Waals surface area contributed by atoms with Gasteiger partial charge in [-0.25, -0.2) is 0 Å². The van der Waals surface area contributed by atoms with Crippen LogP contribution in [0.25, 0.3) is 0 Å². The van der Waals surface area contributed by atoms with E-state index >= 15 is 0 Å². The summed E-state index contributed by atoms with van der Waals surface area (Å²) in [4.78, 5) is 25.5. The Kier molecular flexibility index (Phi) is 3.20. The van der Waals surface area contributed by atoms with Gasteiger partial charge in [0.2, 0.25) is 0 Å². The number of hydrogen-bond donors (Lipinski definition) is 2. The minimum atomic E-state index is -0.558. The quantitative estimate of drug-likeness (QED) is 0.654. The molecule has 0 radical (unpaired) electrons. The summed E-state index contributed by atoms with van der Waals surface area (Å²) < 4.78 is 0. The molecule has 0 saturated carbocycles. The lowest BCUT2D eigenvalue weighted by Crippen LogP contribution is -2.23. The lowest BCUT2D eigenvalue weighted by atomic mass is 9.79. The van der Waals surface area contributed by atoms with Gasteiger partial charge < -0.3 is 10.2 Å². The molecule has 1 aliphatic carbocycles. The molecule has 0 aromatic heterocycles. The van der Waals surface area contributed by atoms with Crippen LogP contribution in [0.4, 0.5) is 0 Å². The van der Waals surface area contributed by atoms with Gasteiger partial charge in [-0.1, -0.05) is 23.2 Å². The average Bonchev–Trinajstić information content (AvgIpc) is 2.44. The maximum Gasteiger partial charge on any atom is 0.198 e. The molecule has 112 valence electrons. The second-order valence-corrected chi connectivity index (χ2v) is 6.02. The molecule has 0 unspecified atom stereocenters. The molecule has 4 nitrogen and oxygen atoms in total. The molecule has 0 spiro atoms. The van der Waals surface area contributed by atoms with E-state index in [-0.39, 0.29) is 32.3 Å². The second kappa shape index (κ2) is 4.73. The number of aromatic hydroxyl groups is 2.